The van der Waals surface area contributed by atoms with Crippen LogP contribution < -0.4 is 5.32 Å². The number of aromatic nitrogens is 2. The number of hydrogen-bond donors (Lipinski definition) is 1. The summed E-state index contributed by atoms with van der Waals surface area (Å²) in [7, 11) is 0. The van der Waals surface area contributed by atoms with Gasteiger partial charge in [-0.05, 0) is 20.8 Å². The molecule has 0 radical (unpaired) electrons. The molecule has 0 atom stereocenters. The second kappa shape index (κ2) is 3.98. The van der Waals surface area contributed by atoms with Crippen molar-refractivity contribution in [2.45, 2.75) is 20.8 Å². The molecule has 0 fully saturated rings. The van der Waals surface area contributed by atoms with Crippen molar-refractivity contribution in [1.29, 1.82) is 0 Å². The van der Waals surface area contributed by atoms with Crippen LogP contribution in [0.2, 0.25) is 0 Å². The fraction of sp³-hybridized carbons (Fsp3) is 0.444. The zero-order chi connectivity index (χ0) is 9.84. The van der Waals surface area contributed by atoms with Crippen LogP contribution in [0.3, 0.4) is 0 Å². The Kier molecular flexibility index (Phi) is 2.95. The predicted octanol–water partition coefficient (Wildman–Crippen LogP) is 0.843. The smallest absolute Gasteiger partial charge is 0.271 e. The van der Waals surface area contributed by atoms with Crippen LogP contribution in [0.25, 0.3) is 0 Å². The van der Waals surface area contributed by atoms with Gasteiger partial charge in [0.1, 0.15) is 5.69 Å². The number of nitrogens with one attached hydrogen (secondary N) is 1. The fourth-order valence-corrected chi connectivity index (χ4v) is 0.997. The molecule has 1 N–H and O–H groups in total. The Bertz CT molecular complexity index is 323. The maximum absolute atomic E-state index is 11.4. The van der Waals surface area contributed by atoms with E-state index in [4.69, 9.17) is 0 Å². The van der Waals surface area contributed by atoms with Gasteiger partial charge in [-0.15, -0.1) is 0 Å². The quantitative estimate of drug-likeness (QED) is 0.732. The maximum Gasteiger partial charge on any atom is 0.271 e. The average molecular weight is 179 g/mol. The van der Waals surface area contributed by atoms with Gasteiger partial charge in [-0.25, -0.2) is 4.98 Å². The molecule has 0 aliphatic rings. The molecule has 0 aliphatic heterocycles. The highest BCUT2D eigenvalue weighted by atomic mass is 16.1. The minimum absolute atomic E-state index is 0.156. The second-order valence-electron chi connectivity index (χ2n) is 2.80. The first-order valence-corrected chi connectivity index (χ1v) is 4.23. The Balaban J connectivity index is 2.99. The van der Waals surface area contributed by atoms with Gasteiger partial charge in [0.25, 0.3) is 5.91 Å². The number of carbonyl (C=O) groups is 1. The number of hydrogen-bond acceptors (Lipinski definition) is 3. The Morgan fingerprint density at radius 2 is 2.23 bits per heavy atom. The third kappa shape index (κ3) is 2.24. The van der Waals surface area contributed by atoms with Crippen LogP contribution >= 0.6 is 0 Å². The van der Waals surface area contributed by atoms with E-state index in [9.17, 15) is 4.79 Å². The lowest BCUT2D eigenvalue weighted by atomic mass is 10.3. The van der Waals surface area contributed by atoms with E-state index < -0.39 is 0 Å². The Labute approximate surface area is 77.4 Å². The van der Waals surface area contributed by atoms with E-state index in [0.29, 0.717) is 17.9 Å². The van der Waals surface area contributed by atoms with E-state index in [1.54, 1.807) is 13.1 Å². The van der Waals surface area contributed by atoms with E-state index in [1.807, 2.05) is 13.8 Å². The molecular formula is C9H13N3O. The number of amides is 1. The van der Waals surface area contributed by atoms with Crippen molar-refractivity contribution in [3.63, 3.8) is 0 Å². The summed E-state index contributed by atoms with van der Waals surface area (Å²) in [6, 6.07) is 0. The largest absolute Gasteiger partial charge is 0.351 e. The second-order valence-corrected chi connectivity index (χ2v) is 2.80. The van der Waals surface area contributed by atoms with Crippen molar-refractivity contribution in [2.24, 2.45) is 0 Å². The third-order valence-electron chi connectivity index (χ3n) is 1.63. The first-order chi connectivity index (χ1) is 6.15. The van der Waals surface area contributed by atoms with Crippen molar-refractivity contribution < 1.29 is 4.79 Å². The average Bonchev–Trinajstić information content (AvgIpc) is 2.09. The molecule has 4 nitrogen and oxygen atoms in total. The first kappa shape index (κ1) is 9.64. The molecule has 0 unspecified atom stereocenters. The normalized spacial score (nSPS) is 9.77. The minimum atomic E-state index is -0.156. The summed E-state index contributed by atoms with van der Waals surface area (Å²) in [6.45, 7) is 6.07. The number of aryl methyl sites for hydroxylation is 2. The predicted molar refractivity (Wildman–Crippen MR) is 49.5 cm³/mol. The summed E-state index contributed by atoms with van der Waals surface area (Å²) in [5.41, 5.74) is 1.84. The van der Waals surface area contributed by atoms with E-state index in [2.05, 4.69) is 15.3 Å². The zero-order valence-corrected chi connectivity index (χ0v) is 8.09. The Morgan fingerprint density at radius 1 is 1.54 bits per heavy atom. The summed E-state index contributed by atoms with van der Waals surface area (Å²) >= 11 is 0. The van der Waals surface area contributed by atoms with Gasteiger partial charge in [0.15, 0.2) is 0 Å². The molecule has 0 aromatic carbocycles. The molecule has 4 heteroatoms. The summed E-state index contributed by atoms with van der Waals surface area (Å²) in [5, 5.41) is 2.69. The van der Waals surface area contributed by atoms with Crippen LogP contribution in [0, 0.1) is 13.8 Å². The van der Waals surface area contributed by atoms with Crippen molar-refractivity contribution in [2.75, 3.05) is 6.54 Å². The molecule has 0 saturated carbocycles. The van der Waals surface area contributed by atoms with Gasteiger partial charge in [0.05, 0.1) is 11.4 Å². The van der Waals surface area contributed by atoms with Gasteiger partial charge >= 0.3 is 0 Å². The number of nitrogens with zero attached hydrogens (tertiary/aromatic N) is 2. The number of rotatable bonds is 2. The van der Waals surface area contributed by atoms with Gasteiger partial charge in [-0.1, -0.05) is 0 Å². The molecule has 1 rings (SSSR count). The fourth-order valence-electron chi connectivity index (χ4n) is 0.997. The van der Waals surface area contributed by atoms with Gasteiger partial charge < -0.3 is 5.32 Å². The highest BCUT2D eigenvalue weighted by Gasteiger charge is 2.10. The summed E-state index contributed by atoms with van der Waals surface area (Å²) in [6.07, 6.45) is 1.65. The molecule has 13 heavy (non-hydrogen) atoms. The molecule has 1 amide bonds. The monoisotopic (exact) mass is 179 g/mol. The van der Waals surface area contributed by atoms with Gasteiger partial charge in [0, 0.05) is 12.7 Å². The van der Waals surface area contributed by atoms with E-state index in [-0.39, 0.29) is 5.91 Å². The van der Waals surface area contributed by atoms with E-state index in [1.165, 1.54) is 0 Å². The van der Waals surface area contributed by atoms with Gasteiger partial charge in [-0.3, -0.25) is 9.78 Å². The van der Waals surface area contributed by atoms with Crippen LogP contribution in [0.4, 0.5) is 0 Å². The molecule has 1 aromatic rings. The molecule has 1 heterocycles. The molecule has 0 bridgehead atoms. The van der Waals surface area contributed by atoms with Crippen molar-refractivity contribution in [1.82, 2.24) is 15.3 Å². The summed E-state index contributed by atoms with van der Waals surface area (Å²) < 4.78 is 0. The SMILES string of the molecule is CCNC(=O)c1nc(C)cnc1C. The first-order valence-electron chi connectivity index (χ1n) is 4.23. The van der Waals surface area contributed by atoms with E-state index >= 15 is 0 Å². The molecule has 1 aromatic heterocycles. The molecular weight excluding hydrogens is 166 g/mol. The molecule has 0 spiro atoms. The van der Waals surface area contributed by atoms with Crippen molar-refractivity contribution in [3.05, 3.63) is 23.3 Å². The molecule has 0 saturated heterocycles. The topological polar surface area (TPSA) is 54.9 Å². The van der Waals surface area contributed by atoms with Crippen molar-refractivity contribution in [3.8, 4) is 0 Å². The lowest BCUT2D eigenvalue weighted by Crippen LogP contribution is -2.25. The van der Waals surface area contributed by atoms with Crippen LogP contribution in [0.5, 0.6) is 0 Å². The van der Waals surface area contributed by atoms with E-state index in [0.717, 1.165) is 5.69 Å². The third-order valence-corrected chi connectivity index (χ3v) is 1.63. The highest BCUT2D eigenvalue weighted by Crippen LogP contribution is 2.01. The Hall–Kier alpha value is -1.45. The summed E-state index contributed by atoms with van der Waals surface area (Å²) in [4.78, 5) is 19.6. The lowest BCUT2D eigenvalue weighted by Gasteiger charge is -2.04. The molecule has 0 aliphatic carbocycles. The van der Waals surface area contributed by atoms with Crippen LogP contribution in [0.15, 0.2) is 6.20 Å². The van der Waals surface area contributed by atoms with Crippen LogP contribution in [-0.2, 0) is 0 Å². The van der Waals surface area contributed by atoms with Gasteiger partial charge in [0.2, 0.25) is 0 Å². The zero-order valence-electron chi connectivity index (χ0n) is 8.09. The van der Waals surface area contributed by atoms with Crippen LogP contribution in [0.1, 0.15) is 28.8 Å². The van der Waals surface area contributed by atoms with Gasteiger partial charge in [-0.2, -0.15) is 0 Å². The maximum atomic E-state index is 11.4. The molecule has 70 valence electrons. The standard InChI is InChI=1S/C9H13N3O/c1-4-10-9(13)8-7(3)11-5-6(2)12-8/h5H,4H2,1-3H3,(H,10,13). The summed E-state index contributed by atoms with van der Waals surface area (Å²) in [5.74, 6) is -0.156. The Morgan fingerprint density at radius 3 is 2.85 bits per heavy atom. The lowest BCUT2D eigenvalue weighted by molar-refractivity contribution is 0.0949. The van der Waals surface area contributed by atoms with Crippen LogP contribution in [-0.4, -0.2) is 22.4 Å². The minimum Gasteiger partial charge on any atom is -0.351 e. The highest BCUT2D eigenvalue weighted by molar-refractivity contribution is 5.93. The van der Waals surface area contributed by atoms with Crippen molar-refractivity contribution >= 4 is 5.91 Å². The number of carbonyl (C=O) groups excluding carboxylic acids is 1.